The van der Waals surface area contributed by atoms with Crippen molar-refractivity contribution in [3.05, 3.63) is 60.2 Å². The molecule has 26 heavy (non-hydrogen) atoms. The van der Waals surface area contributed by atoms with Crippen molar-refractivity contribution < 1.29 is 14.3 Å². The van der Waals surface area contributed by atoms with Crippen LogP contribution in [0.2, 0.25) is 0 Å². The molecule has 1 atom stereocenters. The van der Waals surface area contributed by atoms with Crippen LogP contribution in [0.4, 0.5) is 16.2 Å². The highest BCUT2D eigenvalue weighted by molar-refractivity contribution is 5.89. The van der Waals surface area contributed by atoms with Crippen molar-refractivity contribution >= 4 is 23.4 Å². The van der Waals surface area contributed by atoms with Gasteiger partial charge in [-0.05, 0) is 36.8 Å². The quantitative estimate of drug-likeness (QED) is 0.867. The van der Waals surface area contributed by atoms with Gasteiger partial charge in [0.2, 0.25) is 5.91 Å². The van der Waals surface area contributed by atoms with Gasteiger partial charge in [-0.15, -0.1) is 0 Å². The number of hydrogen-bond acceptors (Lipinski definition) is 4. The summed E-state index contributed by atoms with van der Waals surface area (Å²) in [6, 6.07) is 17.2. The minimum absolute atomic E-state index is 0.0603. The minimum atomic E-state index is -0.330. The molecule has 2 amide bonds. The van der Waals surface area contributed by atoms with Crippen LogP contribution in [0.3, 0.4) is 0 Å². The third-order valence-electron chi connectivity index (χ3n) is 4.40. The highest BCUT2D eigenvalue weighted by atomic mass is 16.6. The van der Waals surface area contributed by atoms with Crippen molar-refractivity contribution in [3.63, 3.8) is 0 Å². The highest BCUT2D eigenvalue weighted by Gasteiger charge is 2.24. The number of para-hydroxylation sites is 1. The molecule has 0 bridgehead atoms. The molecule has 0 spiro atoms. The van der Waals surface area contributed by atoms with E-state index < -0.39 is 0 Å². The van der Waals surface area contributed by atoms with Crippen LogP contribution in [0.15, 0.2) is 54.6 Å². The maximum atomic E-state index is 12.4. The standard InChI is InChI=1S/C20H23N3O3/c1-15(21-19(24)14-22(2)17-8-4-3-5-9-17)16-7-6-10-18(13-16)23-11-12-26-20(23)25/h3-10,13,15H,11-12,14H2,1-2H3,(H,21,24). The lowest BCUT2D eigenvalue weighted by Crippen LogP contribution is -2.36. The zero-order chi connectivity index (χ0) is 18.5. The molecular formula is C20H23N3O3. The number of anilines is 2. The molecule has 1 saturated heterocycles. The van der Waals surface area contributed by atoms with Crippen LogP contribution < -0.4 is 15.1 Å². The van der Waals surface area contributed by atoms with E-state index in [4.69, 9.17) is 4.74 Å². The molecule has 6 nitrogen and oxygen atoms in total. The Hall–Kier alpha value is -3.02. The van der Waals surface area contributed by atoms with E-state index in [1.165, 1.54) is 0 Å². The lowest BCUT2D eigenvalue weighted by molar-refractivity contribution is -0.120. The average Bonchev–Trinajstić information content (AvgIpc) is 3.08. The number of benzene rings is 2. The first kappa shape index (κ1) is 17.8. The Morgan fingerprint density at radius 2 is 2.00 bits per heavy atom. The maximum absolute atomic E-state index is 12.4. The Kier molecular flexibility index (Phi) is 5.41. The van der Waals surface area contributed by atoms with E-state index in [-0.39, 0.29) is 24.6 Å². The van der Waals surface area contributed by atoms with Crippen molar-refractivity contribution in [2.24, 2.45) is 0 Å². The van der Waals surface area contributed by atoms with Crippen LogP contribution in [-0.2, 0) is 9.53 Å². The molecule has 0 radical (unpaired) electrons. The van der Waals surface area contributed by atoms with Crippen molar-refractivity contribution in [1.82, 2.24) is 5.32 Å². The van der Waals surface area contributed by atoms with Crippen LogP contribution in [-0.4, -0.2) is 38.7 Å². The number of amides is 2. The van der Waals surface area contributed by atoms with Crippen molar-refractivity contribution in [2.45, 2.75) is 13.0 Å². The molecule has 1 aliphatic rings. The number of rotatable bonds is 6. The van der Waals surface area contributed by atoms with Gasteiger partial charge in [-0.1, -0.05) is 30.3 Å². The second-order valence-corrected chi connectivity index (χ2v) is 6.34. The van der Waals surface area contributed by atoms with Crippen molar-refractivity contribution in [2.75, 3.05) is 36.5 Å². The molecule has 0 saturated carbocycles. The number of nitrogens with one attached hydrogen (secondary N) is 1. The summed E-state index contributed by atoms with van der Waals surface area (Å²) in [5, 5.41) is 3.01. The van der Waals surface area contributed by atoms with Crippen molar-refractivity contribution in [3.8, 4) is 0 Å². The highest BCUT2D eigenvalue weighted by Crippen LogP contribution is 2.23. The third-order valence-corrected chi connectivity index (χ3v) is 4.40. The van der Waals surface area contributed by atoms with Gasteiger partial charge in [0.05, 0.1) is 19.1 Å². The zero-order valence-electron chi connectivity index (χ0n) is 15.0. The summed E-state index contributed by atoms with van der Waals surface area (Å²) >= 11 is 0. The maximum Gasteiger partial charge on any atom is 0.414 e. The number of likely N-dealkylation sites (N-methyl/N-ethyl adjacent to an activating group) is 1. The summed E-state index contributed by atoms with van der Waals surface area (Å²) in [7, 11) is 1.89. The average molecular weight is 353 g/mol. The van der Waals surface area contributed by atoms with Crippen molar-refractivity contribution in [1.29, 1.82) is 0 Å². The Morgan fingerprint density at radius 3 is 2.69 bits per heavy atom. The van der Waals surface area contributed by atoms with Crippen LogP contribution >= 0.6 is 0 Å². The normalized spacial score (nSPS) is 14.7. The lowest BCUT2D eigenvalue weighted by Gasteiger charge is -2.21. The molecule has 0 aromatic heterocycles. The number of carbonyl (C=O) groups is 2. The second kappa shape index (κ2) is 7.91. The Bertz CT molecular complexity index is 779. The summed E-state index contributed by atoms with van der Waals surface area (Å²) in [5.74, 6) is -0.0603. The molecule has 1 unspecified atom stereocenters. The van der Waals surface area contributed by atoms with Gasteiger partial charge < -0.3 is 15.0 Å². The van der Waals surface area contributed by atoms with Crippen LogP contribution in [0.25, 0.3) is 0 Å². The minimum Gasteiger partial charge on any atom is -0.447 e. The molecule has 3 rings (SSSR count). The van der Waals surface area contributed by atoms with Gasteiger partial charge in [-0.3, -0.25) is 9.69 Å². The van der Waals surface area contributed by atoms with Gasteiger partial charge in [0.1, 0.15) is 6.61 Å². The first-order valence-electron chi connectivity index (χ1n) is 8.64. The summed E-state index contributed by atoms with van der Waals surface area (Å²) < 4.78 is 4.98. The molecule has 1 aliphatic heterocycles. The molecular weight excluding hydrogens is 330 g/mol. The molecule has 1 fully saturated rings. The third kappa shape index (κ3) is 4.14. The van der Waals surface area contributed by atoms with Crippen LogP contribution in [0, 0.1) is 0 Å². The number of ether oxygens (including phenoxy) is 1. The molecule has 1 heterocycles. The molecule has 2 aromatic carbocycles. The Labute approximate surface area is 153 Å². The predicted molar refractivity (Wildman–Crippen MR) is 101 cm³/mol. The first-order valence-corrected chi connectivity index (χ1v) is 8.64. The summed E-state index contributed by atoms with van der Waals surface area (Å²) in [6.45, 7) is 3.15. The summed E-state index contributed by atoms with van der Waals surface area (Å²) in [5.41, 5.74) is 2.72. The van der Waals surface area contributed by atoms with Crippen LogP contribution in [0.5, 0.6) is 0 Å². The number of hydrogen-bond donors (Lipinski definition) is 1. The van der Waals surface area contributed by atoms with E-state index in [2.05, 4.69) is 5.32 Å². The van der Waals surface area contributed by atoms with E-state index in [9.17, 15) is 9.59 Å². The van der Waals surface area contributed by atoms with Gasteiger partial charge in [-0.2, -0.15) is 0 Å². The molecule has 6 heteroatoms. The first-order chi connectivity index (χ1) is 12.5. The lowest BCUT2D eigenvalue weighted by atomic mass is 10.1. The van der Waals surface area contributed by atoms with Crippen LogP contribution in [0.1, 0.15) is 18.5 Å². The topological polar surface area (TPSA) is 61.9 Å². The largest absolute Gasteiger partial charge is 0.447 e. The van der Waals surface area contributed by atoms with Gasteiger partial charge in [-0.25, -0.2) is 4.79 Å². The fraction of sp³-hybridized carbons (Fsp3) is 0.300. The summed E-state index contributed by atoms with van der Waals surface area (Å²) in [6.07, 6.45) is -0.330. The van der Waals surface area contributed by atoms with E-state index in [0.29, 0.717) is 13.2 Å². The van der Waals surface area contributed by atoms with Gasteiger partial charge >= 0.3 is 6.09 Å². The van der Waals surface area contributed by atoms with Gasteiger partial charge in [0.15, 0.2) is 0 Å². The second-order valence-electron chi connectivity index (χ2n) is 6.34. The van der Waals surface area contributed by atoms with E-state index in [0.717, 1.165) is 16.9 Å². The smallest absolute Gasteiger partial charge is 0.414 e. The fourth-order valence-corrected chi connectivity index (χ4v) is 2.95. The number of nitrogens with zero attached hydrogens (tertiary/aromatic N) is 2. The van der Waals surface area contributed by atoms with E-state index >= 15 is 0 Å². The Morgan fingerprint density at radius 1 is 1.23 bits per heavy atom. The molecule has 1 N–H and O–H groups in total. The summed E-state index contributed by atoms with van der Waals surface area (Å²) in [4.78, 5) is 27.6. The predicted octanol–water partition coefficient (Wildman–Crippen LogP) is 2.96. The Balaban J connectivity index is 1.61. The molecule has 136 valence electrons. The van der Waals surface area contributed by atoms with Gasteiger partial charge in [0.25, 0.3) is 0 Å². The van der Waals surface area contributed by atoms with E-state index in [1.807, 2.05) is 73.5 Å². The molecule has 2 aromatic rings. The SMILES string of the molecule is CC(NC(=O)CN(C)c1ccccc1)c1cccc(N2CCOC2=O)c1. The fourth-order valence-electron chi connectivity index (χ4n) is 2.95. The zero-order valence-corrected chi connectivity index (χ0v) is 15.0. The number of cyclic esters (lactones) is 1. The van der Waals surface area contributed by atoms with Gasteiger partial charge in [0, 0.05) is 18.4 Å². The number of carbonyl (C=O) groups excluding carboxylic acids is 2. The van der Waals surface area contributed by atoms with E-state index in [1.54, 1.807) is 4.90 Å². The molecule has 0 aliphatic carbocycles. The monoisotopic (exact) mass is 353 g/mol.